The van der Waals surface area contributed by atoms with Crippen LogP contribution >= 0.6 is 0 Å². The standard InChI is InChI=1S/C16H27NO3/c1-3-5-8-12(4-2)11-17-15(18)13-9-6-7-10-14(13)16(19)20/h6-7,12-14H,3-5,8-11H2,1-2H3,(H,17,18)(H,19,20)/p-1/t12-,13-,14+/m1/s1. The number of carboxylic acids is 1. The number of allylic oxidation sites excluding steroid dienone is 2. The van der Waals surface area contributed by atoms with Crippen molar-refractivity contribution in [2.75, 3.05) is 6.54 Å². The van der Waals surface area contributed by atoms with Gasteiger partial charge in [0, 0.05) is 24.3 Å². The van der Waals surface area contributed by atoms with Gasteiger partial charge < -0.3 is 15.2 Å². The van der Waals surface area contributed by atoms with Crippen LogP contribution in [0.5, 0.6) is 0 Å². The fourth-order valence-corrected chi connectivity index (χ4v) is 2.68. The lowest BCUT2D eigenvalue weighted by molar-refractivity contribution is -0.313. The van der Waals surface area contributed by atoms with E-state index in [9.17, 15) is 14.7 Å². The lowest BCUT2D eigenvalue weighted by Crippen LogP contribution is -2.44. The van der Waals surface area contributed by atoms with Crippen LogP contribution in [0.2, 0.25) is 0 Å². The Balaban J connectivity index is 2.48. The van der Waals surface area contributed by atoms with Crippen molar-refractivity contribution in [3.63, 3.8) is 0 Å². The Labute approximate surface area is 121 Å². The average Bonchev–Trinajstić information content (AvgIpc) is 2.47. The third-order valence-corrected chi connectivity index (χ3v) is 4.18. The Morgan fingerprint density at radius 3 is 2.45 bits per heavy atom. The summed E-state index contributed by atoms with van der Waals surface area (Å²) in [5.41, 5.74) is 0. The molecule has 0 spiro atoms. The van der Waals surface area contributed by atoms with Crippen molar-refractivity contribution in [1.29, 1.82) is 0 Å². The molecule has 3 atom stereocenters. The highest BCUT2D eigenvalue weighted by Gasteiger charge is 2.29. The van der Waals surface area contributed by atoms with Crippen LogP contribution in [0, 0.1) is 17.8 Å². The number of hydrogen-bond donors (Lipinski definition) is 1. The molecule has 4 heteroatoms. The number of carbonyl (C=O) groups excluding carboxylic acids is 2. The SMILES string of the molecule is CCCC[C@@H](CC)CNC(=O)[C@@H]1CC=CC[C@@H]1C(=O)[O-]. The van der Waals surface area contributed by atoms with Crippen LogP contribution in [0.4, 0.5) is 0 Å². The van der Waals surface area contributed by atoms with E-state index in [-0.39, 0.29) is 5.91 Å². The van der Waals surface area contributed by atoms with E-state index < -0.39 is 17.8 Å². The van der Waals surface area contributed by atoms with E-state index in [1.165, 1.54) is 6.42 Å². The van der Waals surface area contributed by atoms with Gasteiger partial charge in [-0.25, -0.2) is 0 Å². The third-order valence-electron chi connectivity index (χ3n) is 4.18. The van der Waals surface area contributed by atoms with E-state index in [4.69, 9.17) is 0 Å². The molecule has 0 heterocycles. The first-order valence-corrected chi connectivity index (χ1v) is 7.73. The molecule has 114 valence electrons. The molecule has 0 unspecified atom stereocenters. The summed E-state index contributed by atoms with van der Waals surface area (Å²) in [6.45, 7) is 4.93. The molecule has 0 aromatic heterocycles. The molecule has 0 saturated heterocycles. The second-order valence-corrected chi connectivity index (χ2v) is 5.64. The second-order valence-electron chi connectivity index (χ2n) is 5.64. The molecule has 0 radical (unpaired) electrons. The third kappa shape index (κ3) is 4.99. The predicted molar refractivity (Wildman–Crippen MR) is 76.7 cm³/mol. The van der Waals surface area contributed by atoms with Crippen LogP contribution in [-0.2, 0) is 9.59 Å². The fraction of sp³-hybridized carbons (Fsp3) is 0.750. The van der Waals surface area contributed by atoms with Crippen LogP contribution in [0.3, 0.4) is 0 Å². The summed E-state index contributed by atoms with van der Waals surface area (Å²) in [6.07, 6.45) is 9.07. The second kappa shape index (κ2) is 8.77. The Morgan fingerprint density at radius 1 is 1.25 bits per heavy atom. The predicted octanol–water partition coefficient (Wildman–Crippen LogP) is 1.65. The van der Waals surface area contributed by atoms with Crippen molar-refractivity contribution < 1.29 is 14.7 Å². The summed E-state index contributed by atoms with van der Waals surface area (Å²) in [4.78, 5) is 23.3. The molecule has 0 saturated carbocycles. The molecule has 0 aromatic rings. The molecule has 1 amide bonds. The van der Waals surface area contributed by atoms with Crippen LogP contribution in [-0.4, -0.2) is 18.4 Å². The summed E-state index contributed by atoms with van der Waals surface area (Å²) in [7, 11) is 0. The summed E-state index contributed by atoms with van der Waals surface area (Å²) in [5, 5.41) is 14.0. The molecule has 1 aliphatic rings. The lowest BCUT2D eigenvalue weighted by atomic mass is 9.82. The van der Waals surface area contributed by atoms with Crippen molar-refractivity contribution in [3.05, 3.63) is 12.2 Å². The number of carboxylic acid groups (broad SMARTS) is 1. The van der Waals surface area contributed by atoms with Crippen LogP contribution < -0.4 is 10.4 Å². The number of amides is 1. The normalized spacial score (nSPS) is 23.3. The minimum Gasteiger partial charge on any atom is -0.550 e. The zero-order valence-electron chi connectivity index (χ0n) is 12.6. The number of carbonyl (C=O) groups is 2. The number of rotatable bonds is 8. The molecule has 1 N–H and O–H groups in total. The minimum absolute atomic E-state index is 0.140. The van der Waals surface area contributed by atoms with E-state index in [2.05, 4.69) is 19.2 Å². The zero-order valence-corrected chi connectivity index (χ0v) is 12.6. The number of hydrogen-bond acceptors (Lipinski definition) is 3. The quantitative estimate of drug-likeness (QED) is 0.687. The van der Waals surface area contributed by atoms with Crippen molar-refractivity contribution in [3.8, 4) is 0 Å². The van der Waals surface area contributed by atoms with Crippen LogP contribution in [0.15, 0.2) is 12.2 Å². The van der Waals surface area contributed by atoms with E-state index in [1.807, 2.05) is 12.2 Å². The van der Waals surface area contributed by atoms with Gasteiger partial charge in [0.2, 0.25) is 5.91 Å². The van der Waals surface area contributed by atoms with Gasteiger partial charge in [-0.15, -0.1) is 0 Å². The maximum atomic E-state index is 12.2. The van der Waals surface area contributed by atoms with Gasteiger partial charge in [0.05, 0.1) is 0 Å². The number of aliphatic carboxylic acids is 1. The van der Waals surface area contributed by atoms with Gasteiger partial charge in [0.15, 0.2) is 0 Å². The van der Waals surface area contributed by atoms with Crippen molar-refractivity contribution in [1.82, 2.24) is 5.32 Å². The maximum Gasteiger partial charge on any atom is 0.224 e. The highest BCUT2D eigenvalue weighted by molar-refractivity contribution is 5.84. The Kier molecular flexibility index (Phi) is 7.34. The highest BCUT2D eigenvalue weighted by Crippen LogP contribution is 2.25. The Bertz CT molecular complexity index is 352. The van der Waals surface area contributed by atoms with Gasteiger partial charge in [-0.1, -0.05) is 45.3 Å². The lowest BCUT2D eigenvalue weighted by Gasteiger charge is -2.28. The molecular formula is C16H26NO3-. The molecule has 0 aliphatic heterocycles. The molecule has 0 aromatic carbocycles. The molecule has 4 nitrogen and oxygen atoms in total. The topological polar surface area (TPSA) is 69.2 Å². The minimum atomic E-state index is -1.12. The summed E-state index contributed by atoms with van der Waals surface area (Å²) >= 11 is 0. The zero-order chi connectivity index (χ0) is 15.0. The maximum absolute atomic E-state index is 12.2. The molecule has 0 fully saturated rings. The molecular weight excluding hydrogens is 254 g/mol. The van der Waals surface area contributed by atoms with Crippen LogP contribution in [0.1, 0.15) is 52.4 Å². The molecule has 20 heavy (non-hydrogen) atoms. The molecule has 1 aliphatic carbocycles. The molecule has 0 bridgehead atoms. The van der Waals surface area contributed by atoms with Crippen molar-refractivity contribution in [2.24, 2.45) is 17.8 Å². The van der Waals surface area contributed by atoms with Gasteiger partial charge in [-0.05, 0) is 25.2 Å². The monoisotopic (exact) mass is 280 g/mol. The summed E-state index contributed by atoms with van der Waals surface area (Å²) in [6, 6.07) is 0. The van der Waals surface area contributed by atoms with Gasteiger partial charge in [-0.3, -0.25) is 4.79 Å². The van der Waals surface area contributed by atoms with Gasteiger partial charge >= 0.3 is 0 Å². The number of nitrogens with one attached hydrogen (secondary N) is 1. The summed E-state index contributed by atoms with van der Waals surface area (Å²) in [5.74, 6) is -1.94. The Morgan fingerprint density at radius 2 is 1.90 bits per heavy atom. The fourth-order valence-electron chi connectivity index (χ4n) is 2.68. The van der Waals surface area contributed by atoms with Gasteiger partial charge in [-0.2, -0.15) is 0 Å². The largest absolute Gasteiger partial charge is 0.550 e. The van der Waals surface area contributed by atoms with E-state index in [1.54, 1.807) is 0 Å². The average molecular weight is 280 g/mol. The number of unbranched alkanes of at least 4 members (excludes halogenated alkanes) is 1. The van der Waals surface area contributed by atoms with Gasteiger partial charge in [0.25, 0.3) is 0 Å². The van der Waals surface area contributed by atoms with Crippen molar-refractivity contribution >= 4 is 11.9 Å². The smallest absolute Gasteiger partial charge is 0.224 e. The van der Waals surface area contributed by atoms with Crippen LogP contribution in [0.25, 0.3) is 0 Å². The first-order chi connectivity index (χ1) is 9.60. The van der Waals surface area contributed by atoms with Crippen molar-refractivity contribution in [2.45, 2.75) is 52.4 Å². The first kappa shape index (κ1) is 16.7. The van der Waals surface area contributed by atoms with E-state index in [0.29, 0.717) is 25.3 Å². The summed E-state index contributed by atoms with van der Waals surface area (Å²) < 4.78 is 0. The molecule has 1 rings (SSSR count). The highest BCUT2D eigenvalue weighted by atomic mass is 16.4. The van der Waals surface area contributed by atoms with E-state index >= 15 is 0 Å². The van der Waals surface area contributed by atoms with E-state index in [0.717, 1.165) is 19.3 Å². The first-order valence-electron chi connectivity index (χ1n) is 7.73. The Hall–Kier alpha value is -1.32. The van der Waals surface area contributed by atoms with Gasteiger partial charge in [0.1, 0.15) is 0 Å².